The Labute approximate surface area is 116 Å². The number of benzene rings is 1. The molecule has 0 atom stereocenters. The predicted molar refractivity (Wildman–Crippen MR) is 72.7 cm³/mol. The summed E-state index contributed by atoms with van der Waals surface area (Å²) in [5.41, 5.74) is 1.21. The van der Waals surface area contributed by atoms with Gasteiger partial charge >= 0.3 is 16.4 Å². The van der Waals surface area contributed by atoms with Gasteiger partial charge in [0, 0.05) is 26.2 Å². The van der Waals surface area contributed by atoms with E-state index in [1.807, 2.05) is 12.1 Å². The lowest BCUT2D eigenvalue weighted by Crippen LogP contribution is -2.44. The van der Waals surface area contributed by atoms with E-state index in [-0.39, 0.29) is 0 Å². The molecule has 8 nitrogen and oxygen atoms in total. The first-order valence-electron chi connectivity index (χ1n) is 5.77. The lowest BCUT2D eigenvalue weighted by Gasteiger charge is -2.30. The molecule has 4 N–H and O–H groups in total. The third-order valence-electron chi connectivity index (χ3n) is 2.59. The van der Waals surface area contributed by atoms with Crippen molar-refractivity contribution in [2.45, 2.75) is 0 Å². The normalized spacial score (nSPS) is 15.2. The number of carbonyl (C=O) groups is 1. The first kappa shape index (κ1) is 16.4. The van der Waals surface area contributed by atoms with E-state index in [0.717, 1.165) is 31.9 Å². The van der Waals surface area contributed by atoms with Crippen LogP contribution in [0.25, 0.3) is 0 Å². The SMILES string of the molecule is O=C(O)c1ccccc1N1CCNCC1.O=S(=O)(O)O. The van der Waals surface area contributed by atoms with Crippen LogP contribution < -0.4 is 10.2 Å². The zero-order chi connectivity index (χ0) is 15.2. The van der Waals surface area contributed by atoms with E-state index in [0.29, 0.717) is 5.56 Å². The van der Waals surface area contributed by atoms with Crippen molar-refractivity contribution >= 4 is 22.1 Å². The van der Waals surface area contributed by atoms with E-state index >= 15 is 0 Å². The van der Waals surface area contributed by atoms with Crippen molar-refractivity contribution in [2.75, 3.05) is 31.1 Å². The zero-order valence-electron chi connectivity index (χ0n) is 10.6. The number of rotatable bonds is 2. The molecule has 0 spiro atoms. The molecule has 0 aliphatic carbocycles. The highest BCUT2D eigenvalue weighted by molar-refractivity contribution is 7.79. The van der Waals surface area contributed by atoms with Crippen molar-refractivity contribution in [1.82, 2.24) is 5.32 Å². The van der Waals surface area contributed by atoms with Gasteiger partial charge in [-0.2, -0.15) is 8.42 Å². The molecular formula is C11H16N2O6S. The van der Waals surface area contributed by atoms with Crippen LogP contribution in [0, 0.1) is 0 Å². The van der Waals surface area contributed by atoms with Crippen molar-refractivity contribution < 1.29 is 27.4 Å². The van der Waals surface area contributed by atoms with Crippen LogP contribution in [0.2, 0.25) is 0 Å². The first-order chi connectivity index (χ1) is 9.29. The number of carboxylic acids is 1. The molecule has 2 rings (SSSR count). The number of hydrogen-bond acceptors (Lipinski definition) is 5. The van der Waals surface area contributed by atoms with E-state index in [2.05, 4.69) is 10.2 Å². The van der Waals surface area contributed by atoms with Crippen molar-refractivity contribution in [1.29, 1.82) is 0 Å². The molecule has 0 bridgehead atoms. The molecule has 0 unspecified atom stereocenters. The van der Waals surface area contributed by atoms with Crippen LogP contribution in [-0.2, 0) is 10.4 Å². The minimum absolute atomic E-state index is 0.388. The molecule has 1 aromatic rings. The molecule has 20 heavy (non-hydrogen) atoms. The highest BCUT2D eigenvalue weighted by Crippen LogP contribution is 2.20. The maximum atomic E-state index is 11.0. The summed E-state index contributed by atoms with van der Waals surface area (Å²) < 4.78 is 31.6. The fraction of sp³-hybridized carbons (Fsp3) is 0.364. The van der Waals surface area contributed by atoms with Crippen molar-refractivity contribution in [3.05, 3.63) is 29.8 Å². The molecule has 0 radical (unpaired) electrons. The van der Waals surface area contributed by atoms with Gasteiger partial charge in [0.1, 0.15) is 0 Å². The molecular weight excluding hydrogens is 288 g/mol. The van der Waals surface area contributed by atoms with Crippen molar-refractivity contribution in [3.63, 3.8) is 0 Å². The van der Waals surface area contributed by atoms with Gasteiger partial charge in [0.05, 0.1) is 11.3 Å². The van der Waals surface area contributed by atoms with Crippen LogP contribution in [0.5, 0.6) is 0 Å². The van der Waals surface area contributed by atoms with Gasteiger partial charge in [-0.15, -0.1) is 0 Å². The van der Waals surface area contributed by atoms with E-state index in [9.17, 15) is 4.79 Å². The lowest BCUT2D eigenvalue weighted by atomic mass is 10.1. The van der Waals surface area contributed by atoms with Gasteiger partial charge in [-0.25, -0.2) is 4.79 Å². The van der Waals surface area contributed by atoms with Gasteiger partial charge < -0.3 is 15.3 Å². The standard InChI is InChI=1S/C11H14N2O2.H2O4S/c14-11(15)9-3-1-2-4-10(9)13-7-5-12-6-8-13;1-5(2,3)4/h1-4,12H,5-8H2,(H,14,15);(H2,1,2,3,4). The molecule has 1 aliphatic rings. The number of hydrogen-bond donors (Lipinski definition) is 4. The molecule has 1 saturated heterocycles. The quantitative estimate of drug-likeness (QED) is 0.568. The fourth-order valence-electron chi connectivity index (χ4n) is 1.84. The summed E-state index contributed by atoms with van der Waals surface area (Å²) in [5.74, 6) is -0.857. The average molecular weight is 304 g/mol. The zero-order valence-corrected chi connectivity index (χ0v) is 11.4. The third kappa shape index (κ3) is 5.97. The number of nitrogens with one attached hydrogen (secondary N) is 1. The van der Waals surface area contributed by atoms with Crippen LogP contribution in [0.4, 0.5) is 5.69 Å². The van der Waals surface area contributed by atoms with Crippen molar-refractivity contribution in [2.24, 2.45) is 0 Å². The van der Waals surface area contributed by atoms with Crippen molar-refractivity contribution in [3.8, 4) is 0 Å². The summed E-state index contributed by atoms with van der Waals surface area (Å²) >= 11 is 0. The maximum Gasteiger partial charge on any atom is 0.394 e. The number of para-hydroxylation sites is 1. The molecule has 0 amide bonds. The van der Waals surface area contributed by atoms with Crippen LogP contribution in [-0.4, -0.2) is 54.8 Å². The monoisotopic (exact) mass is 304 g/mol. The van der Waals surface area contributed by atoms with E-state index in [4.69, 9.17) is 22.6 Å². The number of carboxylic acid groups (broad SMARTS) is 1. The fourth-order valence-corrected chi connectivity index (χ4v) is 1.84. The second-order valence-corrected chi connectivity index (χ2v) is 4.90. The number of piperazine rings is 1. The molecule has 0 aromatic heterocycles. The second kappa shape index (κ2) is 7.20. The Morgan fingerprint density at radius 2 is 1.65 bits per heavy atom. The van der Waals surface area contributed by atoms with Gasteiger partial charge in [0.25, 0.3) is 0 Å². The molecule has 112 valence electrons. The molecule has 9 heteroatoms. The van der Waals surface area contributed by atoms with Gasteiger partial charge in [0.15, 0.2) is 0 Å². The van der Waals surface area contributed by atoms with E-state index in [1.54, 1.807) is 12.1 Å². The van der Waals surface area contributed by atoms with E-state index in [1.165, 1.54) is 0 Å². The highest BCUT2D eigenvalue weighted by Gasteiger charge is 2.16. The summed E-state index contributed by atoms with van der Waals surface area (Å²) in [6, 6.07) is 7.16. The predicted octanol–water partition coefficient (Wildman–Crippen LogP) is 0.142. The Kier molecular flexibility index (Phi) is 5.89. The average Bonchev–Trinajstić information content (AvgIpc) is 2.38. The summed E-state index contributed by atoms with van der Waals surface area (Å²) in [6.07, 6.45) is 0. The largest absolute Gasteiger partial charge is 0.478 e. The molecule has 1 heterocycles. The minimum atomic E-state index is -4.67. The lowest BCUT2D eigenvalue weighted by molar-refractivity contribution is 0.0697. The Morgan fingerprint density at radius 1 is 1.15 bits per heavy atom. The molecule has 1 fully saturated rings. The summed E-state index contributed by atoms with van der Waals surface area (Å²) in [7, 11) is -4.67. The second-order valence-electron chi connectivity index (χ2n) is 4.01. The van der Waals surface area contributed by atoms with Gasteiger partial charge in [-0.05, 0) is 12.1 Å². The summed E-state index contributed by atoms with van der Waals surface area (Å²) in [6.45, 7) is 3.55. The van der Waals surface area contributed by atoms with E-state index < -0.39 is 16.4 Å². The molecule has 1 aliphatic heterocycles. The van der Waals surface area contributed by atoms with Crippen LogP contribution in [0.3, 0.4) is 0 Å². The summed E-state index contributed by atoms with van der Waals surface area (Å²) in [4.78, 5) is 13.1. The Morgan fingerprint density at radius 3 is 2.15 bits per heavy atom. The Bertz CT molecular complexity index is 546. The highest BCUT2D eigenvalue weighted by atomic mass is 32.3. The Balaban J connectivity index is 0.000000347. The molecule has 0 saturated carbocycles. The third-order valence-corrected chi connectivity index (χ3v) is 2.59. The van der Waals surface area contributed by atoms with Gasteiger partial charge in [0.2, 0.25) is 0 Å². The number of aromatic carboxylic acids is 1. The summed E-state index contributed by atoms with van der Waals surface area (Å²) in [5, 5.41) is 12.3. The van der Waals surface area contributed by atoms with Gasteiger partial charge in [-0.1, -0.05) is 12.1 Å². The minimum Gasteiger partial charge on any atom is -0.478 e. The number of nitrogens with zero attached hydrogens (tertiary/aromatic N) is 1. The first-order valence-corrected chi connectivity index (χ1v) is 7.16. The smallest absolute Gasteiger partial charge is 0.394 e. The van der Waals surface area contributed by atoms with Crippen LogP contribution in [0.1, 0.15) is 10.4 Å². The molecule has 1 aromatic carbocycles. The van der Waals surface area contributed by atoms with Gasteiger partial charge in [-0.3, -0.25) is 9.11 Å². The van der Waals surface area contributed by atoms with Crippen LogP contribution >= 0.6 is 0 Å². The Hall–Kier alpha value is -1.68. The number of anilines is 1. The topological polar surface area (TPSA) is 127 Å². The van der Waals surface area contributed by atoms with Crippen LogP contribution in [0.15, 0.2) is 24.3 Å². The maximum absolute atomic E-state index is 11.0.